The molecule has 126 valence electrons. The SMILES string of the molecule is Cc1cc(C)n2nc(SCc3coc(-c4ccc(Cl)cc4)n3)nc2n1. The second kappa shape index (κ2) is 6.50. The Morgan fingerprint density at radius 1 is 1.12 bits per heavy atom. The van der Waals surface area contributed by atoms with Crippen LogP contribution >= 0.6 is 23.4 Å². The lowest BCUT2D eigenvalue weighted by Crippen LogP contribution is -1.97. The monoisotopic (exact) mass is 371 g/mol. The molecule has 3 aromatic heterocycles. The van der Waals surface area contributed by atoms with Gasteiger partial charge in [-0.15, -0.1) is 5.10 Å². The van der Waals surface area contributed by atoms with Crippen LogP contribution in [0.4, 0.5) is 0 Å². The number of hydrogen-bond acceptors (Lipinski definition) is 6. The minimum absolute atomic E-state index is 0.573. The molecule has 0 unspecified atom stereocenters. The first kappa shape index (κ1) is 16.1. The van der Waals surface area contributed by atoms with Crippen molar-refractivity contribution in [2.45, 2.75) is 24.8 Å². The van der Waals surface area contributed by atoms with Crippen LogP contribution in [-0.4, -0.2) is 24.6 Å². The van der Waals surface area contributed by atoms with Crippen LogP contribution < -0.4 is 0 Å². The molecular weight excluding hydrogens is 358 g/mol. The van der Waals surface area contributed by atoms with Crippen LogP contribution in [0.3, 0.4) is 0 Å². The number of hydrogen-bond donors (Lipinski definition) is 0. The van der Waals surface area contributed by atoms with Gasteiger partial charge in [0.1, 0.15) is 6.26 Å². The molecule has 0 radical (unpaired) electrons. The van der Waals surface area contributed by atoms with Crippen molar-refractivity contribution in [3.8, 4) is 11.5 Å². The molecule has 25 heavy (non-hydrogen) atoms. The van der Waals surface area contributed by atoms with Gasteiger partial charge in [-0.1, -0.05) is 23.4 Å². The van der Waals surface area contributed by atoms with Crippen LogP contribution in [-0.2, 0) is 5.75 Å². The quantitative estimate of drug-likeness (QED) is 0.497. The fraction of sp³-hybridized carbons (Fsp3) is 0.176. The number of aryl methyl sites for hydroxylation is 2. The molecule has 0 atom stereocenters. The van der Waals surface area contributed by atoms with Crippen molar-refractivity contribution in [2.24, 2.45) is 0 Å². The third-order valence-electron chi connectivity index (χ3n) is 3.59. The van der Waals surface area contributed by atoms with E-state index in [-0.39, 0.29) is 0 Å². The van der Waals surface area contributed by atoms with Gasteiger partial charge in [-0.25, -0.2) is 14.5 Å². The van der Waals surface area contributed by atoms with Gasteiger partial charge in [0.2, 0.25) is 11.0 Å². The van der Waals surface area contributed by atoms with Crippen molar-refractivity contribution in [3.05, 3.63) is 58.7 Å². The minimum Gasteiger partial charge on any atom is -0.444 e. The van der Waals surface area contributed by atoms with Gasteiger partial charge >= 0.3 is 0 Å². The maximum absolute atomic E-state index is 5.90. The summed E-state index contributed by atoms with van der Waals surface area (Å²) in [6.07, 6.45) is 1.65. The standard InChI is InChI=1S/C17H14ClN5OS/c1-10-7-11(2)23-16(19-10)21-17(22-23)25-9-14-8-24-15(20-14)12-3-5-13(18)6-4-12/h3-8H,9H2,1-2H3. The summed E-state index contributed by atoms with van der Waals surface area (Å²) in [5.74, 6) is 1.80. The Morgan fingerprint density at radius 2 is 1.92 bits per heavy atom. The molecule has 0 bridgehead atoms. The van der Waals surface area contributed by atoms with Crippen LogP contribution in [0.15, 0.2) is 46.2 Å². The van der Waals surface area contributed by atoms with Crippen LogP contribution in [0, 0.1) is 13.8 Å². The molecule has 4 rings (SSSR count). The summed E-state index contributed by atoms with van der Waals surface area (Å²) in [4.78, 5) is 13.4. The van der Waals surface area contributed by atoms with E-state index < -0.39 is 0 Å². The molecule has 0 amide bonds. The molecular formula is C17H14ClN5OS. The topological polar surface area (TPSA) is 69.1 Å². The summed E-state index contributed by atoms with van der Waals surface area (Å²) in [7, 11) is 0. The van der Waals surface area contributed by atoms with Crippen molar-refractivity contribution in [1.82, 2.24) is 24.6 Å². The number of thioether (sulfide) groups is 1. The van der Waals surface area contributed by atoms with Gasteiger partial charge in [-0.2, -0.15) is 4.98 Å². The number of oxazole rings is 1. The highest BCUT2D eigenvalue weighted by Crippen LogP contribution is 2.24. The van der Waals surface area contributed by atoms with Crippen LogP contribution in [0.25, 0.3) is 17.2 Å². The Bertz CT molecular complexity index is 1040. The van der Waals surface area contributed by atoms with Crippen molar-refractivity contribution in [2.75, 3.05) is 0 Å². The number of benzene rings is 1. The molecule has 1 aromatic carbocycles. The molecule has 0 saturated carbocycles. The molecule has 0 aliphatic heterocycles. The summed E-state index contributed by atoms with van der Waals surface area (Å²) in [5.41, 5.74) is 3.66. The van der Waals surface area contributed by atoms with E-state index >= 15 is 0 Å². The van der Waals surface area contributed by atoms with Gasteiger partial charge in [-0.05, 0) is 44.2 Å². The highest BCUT2D eigenvalue weighted by molar-refractivity contribution is 7.98. The fourth-order valence-corrected chi connectivity index (χ4v) is 3.27. The lowest BCUT2D eigenvalue weighted by Gasteiger charge is -1.97. The Hall–Kier alpha value is -2.38. The molecule has 3 heterocycles. The zero-order chi connectivity index (χ0) is 17.4. The number of rotatable bonds is 4. The van der Waals surface area contributed by atoms with Crippen LogP contribution in [0.2, 0.25) is 5.02 Å². The second-order valence-corrected chi connectivity index (χ2v) is 6.96. The average Bonchev–Trinajstić information content (AvgIpc) is 3.20. The van der Waals surface area contributed by atoms with E-state index in [1.54, 1.807) is 10.8 Å². The van der Waals surface area contributed by atoms with Crippen molar-refractivity contribution in [3.63, 3.8) is 0 Å². The number of nitrogens with zero attached hydrogens (tertiary/aromatic N) is 5. The molecule has 0 aliphatic carbocycles. The van der Waals surface area contributed by atoms with E-state index in [1.807, 2.05) is 44.2 Å². The highest BCUT2D eigenvalue weighted by Gasteiger charge is 2.11. The highest BCUT2D eigenvalue weighted by atomic mass is 35.5. The Morgan fingerprint density at radius 3 is 2.72 bits per heavy atom. The van der Waals surface area contributed by atoms with Gasteiger partial charge in [-0.3, -0.25) is 0 Å². The zero-order valence-electron chi connectivity index (χ0n) is 13.6. The van der Waals surface area contributed by atoms with E-state index in [0.29, 0.717) is 27.6 Å². The van der Waals surface area contributed by atoms with E-state index in [4.69, 9.17) is 16.0 Å². The lowest BCUT2D eigenvalue weighted by atomic mass is 10.2. The number of fused-ring (bicyclic) bond motifs is 1. The molecule has 0 N–H and O–H groups in total. The molecule has 0 spiro atoms. The average molecular weight is 372 g/mol. The molecule has 0 fully saturated rings. The van der Waals surface area contributed by atoms with Crippen molar-refractivity contribution in [1.29, 1.82) is 0 Å². The van der Waals surface area contributed by atoms with Gasteiger partial charge in [0, 0.05) is 27.7 Å². The van der Waals surface area contributed by atoms with E-state index in [9.17, 15) is 0 Å². The van der Waals surface area contributed by atoms with Gasteiger partial charge in [0.05, 0.1) is 5.69 Å². The zero-order valence-corrected chi connectivity index (χ0v) is 15.2. The fourth-order valence-electron chi connectivity index (χ4n) is 2.45. The third-order valence-corrected chi connectivity index (χ3v) is 4.71. The lowest BCUT2D eigenvalue weighted by molar-refractivity contribution is 0.573. The minimum atomic E-state index is 0.573. The van der Waals surface area contributed by atoms with Crippen molar-refractivity contribution < 1.29 is 4.42 Å². The van der Waals surface area contributed by atoms with Gasteiger partial charge in [0.15, 0.2) is 0 Å². The van der Waals surface area contributed by atoms with Crippen LogP contribution in [0.1, 0.15) is 17.1 Å². The van der Waals surface area contributed by atoms with E-state index in [0.717, 1.165) is 22.6 Å². The van der Waals surface area contributed by atoms with Gasteiger partial charge < -0.3 is 4.42 Å². The Labute approximate surface area is 153 Å². The second-order valence-electron chi connectivity index (χ2n) is 5.58. The number of aromatic nitrogens is 5. The molecule has 0 aliphatic rings. The molecule has 8 heteroatoms. The summed E-state index contributed by atoms with van der Waals surface area (Å²) in [6.45, 7) is 3.93. The largest absolute Gasteiger partial charge is 0.444 e. The van der Waals surface area contributed by atoms with Crippen LogP contribution in [0.5, 0.6) is 0 Å². The maximum atomic E-state index is 5.90. The normalized spacial score (nSPS) is 11.3. The smallest absolute Gasteiger partial charge is 0.253 e. The maximum Gasteiger partial charge on any atom is 0.253 e. The molecule has 6 nitrogen and oxygen atoms in total. The predicted octanol–water partition coefficient (Wildman–Crippen LogP) is 4.34. The Kier molecular flexibility index (Phi) is 4.19. The van der Waals surface area contributed by atoms with E-state index in [2.05, 4.69) is 20.1 Å². The molecule has 0 saturated heterocycles. The first-order valence-electron chi connectivity index (χ1n) is 7.63. The van der Waals surface area contributed by atoms with E-state index in [1.165, 1.54) is 11.8 Å². The first-order chi connectivity index (χ1) is 12.1. The third kappa shape index (κ3) is 3.38. The summed E-state index contributed by atoms with van der Waals surface area (Å²) >= 11 is 7.40. The summed E-state index contributed by atoms with van der Waals surface area (Å²) in [6, 6.07) is 9.37. The van der Waals surface area contributed by atoms with Crippen molar-refractivity contribution >= 4 is 29.1 Å². The predicted molar refractivity (Wildman–Crippen MR) is 96.8 cm³/mol. The number of halogens is 1. The first-order valence-corrected chi connectivity index (χ1v) is 8.99. The molecule has 4 aromatic rings. The summed E-state index contributed by atoms with van der Waals surface area (Å²) < 4.78 is 7.29. The summed E-state index contributed by atoms with van der Waals surface area (Å²) in [5, 5.41) is 5.82. The Balaban J connectivity index is 1.50. The van der Waals surface area contributed by atoms with Gasteiger partial charge in [0.25, 0.3) is 5.78 Å².